The lowest BCUT2D eigenvalue weighted by Gasteiger charge is -2.49. The van der Waals surface area contributed by atoms with Crippen molar-refractivity contribution in [3.8, 4) is 0 Å². The molecule has 22 nitrogen and oxygen atoms in total. The second-order valence-corrected chi connectivity index (χ2v) is 11.2. The van der Waals surface area contributed by atoms with Crippen molar-refractivity contribution < 1.29 is 109 Å². The Morgan fingerprint density at radius 2 is 0.913 bits per heavy atom. The highest BCUT2D eigenvalue weighted by Gasteiger charge is 2.56. The van der Waals surface area contributed by atoms with E-state index in [-0.39, 0.29) is 0 Å². The number of carboxylic acids is 1. The fraction of sp³-hybridized carbons (Fsp3) is 0.958. The molecule has 0 spiro atoms. The van der Waals surface area contributed by atoms with Gasteiger partial charge in [0.15, 0.2) is 31.3 Å². The first-order chi connectivity index (χ1) is 21.7. The van der Waals surface area contributed by atoms with Crippen LogP contribution in [-0.4, -0.2) is 220 Å². The summed E-state index contributed by atoms with van der Waals surface area (Å²) in [6.45, 7) is -2.71. The average molecular weight is 681 g/mol. The van der Waals surface area contributed by atoms with Gasteiger partial charge in [-0.2, -0.15) is 0 Å². The highest BCUT2D eigenvalue weighted by molar-refractivity contribution is 5.73. The molecule has 1 unspecified atom stereocenters. The highest BCUT2D eigenvalue weighted by Crippen LogP contribution is 2.34. The maximum absolute atomic E-state index is 11.5. The maximum atomic E-state index is 11.5. The maximum Gasteiger partial charge on any atom is 0.335 e. The fourth-order valence-electron chi connectivity index (χ4n) is 5.49. The summed E-state index contributed by atoms with van der Waals surface area (Å²) >= 11 is 0. The molecule has 4 saturated heterocycles. The number of aliphatic hydroxyl groups excluding tert-OH is 13. The van der Waals surface area contributed by atoms with Crippen molar-refractivity contribution in [2.75, 3.05) is 19.8 Å². The molecule has 0 amide bonds. The molecule has 20 atom stereocenters. The zero-order chi connectivity index (χ0) is 34.2. The Morgan fingerprint density at radius 1 is 0.457 bits per heavy atom. The van der Waals surface area contributed by atoms with E-state index in [0.717, 1.165) is 0 Å². The van der Waals surface area contributed by atoms with Gasteiger partial charge in [-0.3, -0.25) is 0 Å². The average Bonchev–Trinajstić information content (AvgIpc) is 3.02. The van der Waals surface area contributed by atoms with Crippen molar-refractivity contribution in [1.29, 1.82) is 0 Å². The number of rotatable bonds is 10. The van der Waals surface area contributed by atoms with Crippen molar-refractivity contribution >= 4 is 5.97 Å². The molecule has 46 heavy (non-hydrogen) atoms. The molecule has 4 aliphatic heterocycles. The van der Waals surface area contributed by atoms with Crippen LogP contribution in [0.25, 0.3) is 0 Å². The zero-order valence-electron chi connectivity index (χ0n) is 23.7. The Morgan fingerprint density at radius 3 is 1.48 bits per heavy atom. The second kappa shape index (κ2) is 15.5. The summed E-state index contributed by atoms with van der Waals surface area (Å²) < 4.78 is 37.4. The number of carbonyl (C=O) groups is 1. The van der Waals surface area contributed by atoms with E-state index < -0.39 is 149 Å². The molecule has 4 heterocycles. The molecule has 0 aromatic rings. The van der Waals surface area contributed by atoms with Crippen molar-refractivity contribution in [2.45, 2.75) is 123 Å². The first kappa shape index (κ1) is 37.5. The predicted octanol–water partition coefficient (Wildman–Crippen LogP) is -9.66. The van der Waals surface area contributed by atoms with Gasteiger partial charge in [0, 0.05) is 0 Å². The van der Waals surface area contributed by atoms with Crippen LogP contribution in [0.15, 0.2) is 0 Å². The number of aliphatic carboxylic acids is 1. The van der Waals surface area contributed by atoms with Gasteiger partial charge in [-0.05, 0) is 0 Å². The van der Waals surface area contributed by atoms with E-state index in [9.17, 15) is 76.3 Å². The van der Waals surface area contributed by atoms with Gasteiger partial charge in [-0.1, -0.05) is 0 Å². The topological polar surface area (TPSA) is 365 Å². The molecule has 268 valence electrons. The fourth-order valence-corrected chi connectivity index (χ4v) is 5.49. The molecule has 0 aromatic carbocycles. The Balaban J connectivity index is 1.59. The van der Waals surface area contributed by atoms with Gasteiger partial charge in [-0.15, -0.1) is 0 Å². The summed E-state index contributed by atoms with van der Waals surface area (Å²) in [7, 11) is 0. The predicted molar refractivity (Wildman–Crippen MR) is 134 cm³/mol. The van der Waals surface area contributed by atoms with Gasteiger partial charge < -0.3 is 105 Å². The number of hydrogen-bond donors (Lipinski definition) is 14. The standard InChI is InChI=1S/C24H40O22/c25-1-4-7(28)11(32)19(46-22-13(34)10(31)12(33)18(45-22)20(37)38)24(42-4)44-17-9(30)6(3-27)41-23(15(17)36)43-16-8(29)5(2-26)40-21(39)14(16)35/h4-19,21-36,39H,1-3H2,(H,37,38)/t4-,5-,6-,7-,8-,9-,10+,11+,12+,13-,14+,15+,16+,17+,18+,19+,21?,22+,23-,24-/m1/s1. The Labute approximate surface area is 258 Å². The monoisotopic (exact) mass is 680 g/mol. The van der Waals surface area contributed by atoms with Crippen LogP contribution in [0.5, 0.6) is 0 Å². The quantitative estimate of drug-likeness (QED) is 0.102. The van der Waals surface area contributed by atoms with Crippen LogP contribution in [0.3, 0.4) is 0 Å². The van der Waals surface area contributed by atoms with E-state index in [4.69, 9.17) is 33.2 Å². The van der Waals surface area contributed by atoms with Gasteiger partial charge in [0.2, 0.25) is 0 Å². The SMILES string of the molecule is O=C(O)[C@H]1O[C@@H](O[C@@H]2[C@@H](O[C@@H]3[C@H](O)[C@@H](O[C@H]4[C@H](O)[C@@H](CO)OC(O)[C@H]4O)O[C@H](CO)[C@H]3O)O[C@H](CO)[C@@H](O)[C@@H]2O)[C@H](O)[C@@H](O)[C@@H]1O. The van der Waals surface area contributed by atoms with Gasteiger partial charge >= 0.3 is 5.97 Å². The number of ether oxygens (including phenoxy) is 7. The molecular formula is C24H40O22. The largest absolute Gasteiger partial charge is 0.479 e. The molecule has 0 aliphatic carbocycles. The van der Waals surface area contributed by atoms with Crippen LogP contribution in [-0.2, 0) is 38.0 Å². The van der Waals surface area contributed by atoms with Crippen molar-refractivity contribution in [3.05, 3.63) is 0 Å². The second-order valence-electron chi connectivity index (χ2n) is 11.2. The van der Waals surface area contributed by atoms with Crippen LogP contribution in [0.2, 0.25) is 0 Å². The first-order valence-corrected chi connectivity index (χ1v) is 14.1. The number of carboxylic acid groups (broad SMARTS) is 1. The molecule has 0 radical (unpaired) electrons. The molecule has 0 saturated carbocycles. The summed E-state index contributed by atoms with van der Waals surface area (Å²) in [5, 5.41) is 143. The molecule has 14 N–H and O–H groups in total. The molecule has 0 bridgehead atoms. The molecule has 4 aliphatic rings. The Kier molecular flexibility index (Phi) is 12.6. The Bertz CT molecular complexity index is 992. The third kappa shape index (κ3) is 7.31. The summed E-state index contributed by atoms with van der Waals surface area (Å²) in [6, 6.07) is 0. The van der Waals surface area contributed by atoms with Crippen LogP contribution >= 0.6 is 0 Å². The van der Waals surface area contributed by atoms with Crippen molar-refractivity contribution in [2.24, 2.45) is 0 Å². The third-order valence-electron chi connectivity index (χ3n) is 8.17. The first-order valence-electron chi connectivity index (χ1n) is 14.1. The minimum absolute atomic E-state index is 0.828. The summed E-state index contributed by atoms with van der Waals surface area (Å²) in [5.74, 6) is -1.77. The van der Waals surface area contributed by atoms with Gasteiger partial charge in [0.1, 0.15) is 91.6 Å². The van der Waals surface area contributed by atoms with E-state index in [1.54, 1.807) is 0 Å². The van der Waals surface area contributed by atoms with Crippen LogP contribution in [0, 0.1) is 0 Å². The lowest BCUT2D eigenvalue weighted by atomic mass is 9.95. The molecule has 4 rings (SSSR count). The van der Waals surface area contributed by atoms with Crippen LogP contribution in [0.1, 0.15) is 0 Å². The van der Waals surface area contributed by atoms with Crippen molar-refractivity contribution in [1.82, 2.24) is 0 Å². The lowest BCUT2D eigenvalue weighted by molar-refractivity contribution is -0.394. The summed E-state index contributed by atoms with van der Waals surface area (Å²) in [5.41, 5.74) is 0. The summed E-state index contributed by atoms with van der Waals surface area (Å²) in [4.78, 5) is 11.5. The van der Waals surface area contributed by atoms with E-state index in [1.165, 1.54) is 0 Å². The van der Waals surface area contributed by atoms with E-state index in [0.29, 0.717) is 0 Å². The molecular weight excluding hydrogens is 640 g/mol. The number of hydrogen-bond acceptors (Lipinski definition) is 21. The smallest absolute Gasteiger partial charge is 0.335 e. The third-order valence-corrected chi connectivity index (χ3v) is 8.17. The Hall–Kier alpha value is -1.33. The molecule has 4 fully saturated rings. The lowest BCUT2D eigenvalue weighted by Crippen LogP contribution is -2.68. The summed E-state index contributed by atoms with van der Waals surface area (Å²) in [6.07, 6.45) is -38.9. The highest BCUT2D eigenvalue weighted by atomic mass is 16.8. The van der Waals surface area contributed by atoms with Crippen molar-refractivity contribution in [3.63, 3.8) is 0 Å². The van der Waals surface area contributed by atoms with Gasteiger partial charge in [-0.25, -0.2) is 4.79 Å². The molecule has 22 heteroatoms. The minimum atomic E-state index is -2.14. The van der Waals surface area contributed by atoms with Gasteiger partial charge in [0.05, 0.1) is 19.8 Å². The van der Waals surface area contributed by atoms with E-state index >= 15 is 0 Å². The normalized spacial score (nSPS) is 51.9. The van der Waals surface area contributed by atoms with E-state index in [1.807, 2.05) is 0 Å². The molecule has 0 aromatic heterocycles. The number of aliphatic hydroxyl groups is 13. The van der Waals surface area contributed by atoms with Crippen LogP contribution < -0.4 is 0 Å². The van der Waals surface area contributed by atoms with Crippen LogP contribution in [0.4, 0.5) is 0 Å². The van der Waals surface area contributed by atoms with E-state index in [2.05, 4.69) is 0 Å². The van der Waals surface area contributed by atoms with Gasteiger partial charge in [0.25, 0.3) is 0 Å². The minimum Gasteiger partial charge on any atom is -0.479 e. The zero-order valence-corrected chi connectivity index (χ0v) is 23.7.